The zero-order valence-electron chi connectivity index (χ0n) is 10.1. The summed E-state index contributed by atoms with van der Waals surface area (Å²) >= 11 is 0. The van der Waals surface area contributed by atoms with Crippen LogP contribution < -0.4 is 16.8 Å². The molecule has 7 heteroatoms. The summed E-state index contributed by atoms with van der Waals surface area (Å²) in [6.07, 6.45) is 1.45. The molecule has 5 N–H and O–H groups in total. The Bertz CT molecular complexity index is 584. The number of nitrogens with one attached hydrogen (secondary N) is 1. The van der Waals surface area contributed by atoms with Gasteiger partial charge in [0.05, 0.1) is 17.4 Å². The van der Waals surface area contributed by atoms with Crippen LogP contribution in [0.5, 0.6) is 0 Å². The van der Waals surface area contributed by atoms with Crippen molar-refractivity contribution in [3.05, 3.63) is 29.6 Å². The number of amides is 1. The Hall–Kier alpha value is -2.57. The molecule has 0 aliphatic heterocycles. The molecule has 0 spiro atoms. The summed E-state index contributed by atoms with van der Waals surface area (Å²) in [7, 11) is 1.83. The first kappa shape index (κ1) is 11.9. The second-order valence-corrected chi connectivity index (χ2v) is 3.95. The highest BCUT2D eigenvalue weighted by molar-refractivity contribution is 5.98. The fourth-order valence-corrected chi connectivity index (χ4v) is 1.51. The monoisotopic (exact) mass is 246 g/mol. The molecule has 2 rings (SSSR count). The quantitative estimate of drug-likeness (QED) is 0.732. The molecule has 0 radical (unpaired) electrons. The largest absolute Gasteiger partial charge is 0.397 e. The van der Waals surface area contributed by atoms with Crippen molar-refractivity contribution in [1.82, 2.24) is 14.8 Å². The highest BCUT2D eigenvalue weighted by Gasteiger charge is 2.12. The van der Waals surface area contributed by atoms with Gasteiger partial charge in [0, 0.05) is 18.8 Å². The zero-order chi connectivity index (χ0) is 13.3. The molecule has 0 saturated heterocycles. The number of anilines is 3. The SMILES string of the molecule is Cc1cc(Nc2ncc(N)cc2C(N)=O)nn1C. The van der Waals surface area contributed by atoms with E-state index in [0.29, 0.717) is 17.3 Å². The third-order valence-corrected chi connectivity index (χ3v) is 2.53. The smallest absolute Gasteiger partial charge is 0.252 e. The van der Waals surface area contributed by atoms with Crippen molar-refractivity contribution in [2.75, 3.05) is 11.1 Å². The molecule has 2 aromatic rings. The maximum absolute atomic E-state index is 11.3. The molecule has 0 fully saturated rings. The second kappa shape index (κ2) is 4.36. The molecule has 0 unspecified atom stereocenters. The van der Waals surface area contributed by atoms with Gasteiger partial charge in [-0.1, -0.05) is 0 Å². The van der Waals surface area contributed by atoms with Gasteiger partial charge in [0.1, 0.15) is 5.82 Å². The van der Waals surface area contributed by atoms with E-state index in [9.17, 15) is 4.79 Å². The van der Waals surface area contributed by atoms with E-state index in [1.165, 1.54) is 12.3 Å². The van der Waals surface area contributed by atoms with Crippen LogP contribution in [-0.2, 0) is 7.05 Å². The lowest BCUT2D eigenvalue weighted by Gasteiger charge is -2.07. The summed E-state index contributed by atoms with van der Waals surface area (Å²) in [4.78, 5) is 15.3. The lowest BCUT2D eigenvalue weighted by atomic mass is 10.2. The van der Waals surface area contributed by atoms with Crippen LogP contribution in [-0.4, -0.2) is 20.7 Å². The van der Waals surface area contributed by atoms with E-state index < -0.39 is 5.91 Å². The number of rotatable bonds is 3. The van der Waals surface area contributed by atoms with Gasteiger partial charge in [-0.25, -0.2) is 4.98 Å². The summed E-state index contributed by atoms with van der Waals surface area (Å²) in [6, 6.07) is 3.32. The van der Waals surface area contributed by atoms with Gasteiger partial charge in [0.25, 0.3) is 5.91 Å². The molecule has 0 aromatic carbocycles. The van der Waals surface area contributed by atoms with Crippen LogP contribution in [0.25, 0.3) is 0 Å². The molecule has 2 heterocycles. The molecule has 0 bridgehead atoms. The van der Waals surface area contributed by atoms with Crippen molar-refractivity contribution < 1.29 is 4.79 Å². The summed E-state index contributed by atoms with van der Waals surface area (Å²) in [5, 5.41) is 7.15. The molecule has 94 valence electrons. The molecular formula is C11H14N6O. The molecule has 0 aliphatic rings. The molecule has 18 heavy (non-hydrogen) atoms. The average molecular weight is 246 g/mol. The number of aryl methyl sites for hydroxylation is 2. The van der Waals surface area contributed by atoms with Crippen LogP contribution in [0.2, 0.25) is 0 Å². The first-order chi connectivity index (χ1) is 8.47. The number of primary amides is 1. The highest BCUT2D eigenvalue weighted by Crippen LogP contribution is 2.19. The van der Waals surface area contributed by atoms with E-state index >= 15 is 0 Å². The Kier molecular flexibility index (Phi) is 2.88. The topological polar surface area (TPSA) is 112 Å². The number of nitrogens with zero attached hydrogens (tertiary/aromatic N) is 3. The van der Waals surface area contributed by atoms with Gasteiger partial charge in [0.15, 0.2) is 5.82 Å². The van der Waals surface area contributed by atoms with Crippen LogP contribution in [0.4, 0.5) is 17.3 Å². The number of aromatic nitrogens is 3. The zero-order valence-corrected chi connectivity index (χ0v) is 10.1. The van der Waals surface area contributed by atoms with Crippen molar-refractivity contribution in [3.63, 3.8) is 0 Å². The van der Waals surface area contributed by atoms with E-state index in [1.54, 1.807) is 4.68 Å². The van der Waals surface area contributed by atoms with Gasteiger partial charge < -0.3 is 16.8 Å². The Balaban J connectivity index is 2.36. The molecule has 0 atom stereocenters. The third-order valence-electron chi connectivity index (χ3n) is 2.53. The Morgan fingerprint density at radius 1 is 1.44 bits per heavy atom. The minimum absolute atomic E-state index is 0.235. The lowest BCUT2D eigenvalue weighted by Crippen LogP contribution is -2.15. The van der Waals surface area contributed by atoms with Gasteiger partial charge in [-0.15, -0.1) is 0 Å². The summed E-state index contributed by atoms with van der Waals surface area (Å²) in [6.45, 7) is 1.92. The maximum atomic E-state index is 11.3. The minimum Gasteiger partial charge on any atom is -0.397 e. The number of hydrogen-bond acceptors (Lipinski definition) is 5. The average Bonchev–Trinajstić information content (AvgIpc) is 2.60. The summed E-state index contributed by atoms with van der Waals surface area (Å²) in [5.41, 5.74) is 12.4. The Morgan fingerprint density at radius 3 is 2.72 bits per heavy atom. The number of carbonyl (C=O) groups excluding carboxylic acids is 1. The highest BCUT2D eigenvalue weighted by atomic mass is 16.1. The molecule has 1 amide bonds. The van der Waals surface area contributed by atoms with Crippen molar-refractivity contribution in [3.8, 4) is 0 Å². The molecule has 2 aromatic heterocycles. The van der Waals surface area contributed by atoms with Gasteiger partial charge in [0.2, 0.25) is 0 Å². The van der Waals surface area contributed by atoms with Crippen LogP contribution in [0.1, 0.15) is 16.1 Å². The Morgan fingerprint density at radius 2 is 2.17 bits per heavy atom. The molecule has 0 saturated carbocycles. The summed E-state index contributed by atoms with van der Waals surface area (Å²) in [5.74, 6) is 0.342. The number of nitrogen functional groups attached to an aromatic ring is 1. The Labute approximate surface area is 104 Å². The van der Waals surface area contributed by atoms with Gasteiger partial charge in [-0.3, -0.25) is 9.48 Å². The fourth-order valence-electron chi connectivity index (χ4n) is 1.51. The number of nitrogens with two attached hydrogens (primary N) is 2. The predicted molar refractivity (Wildman–Crippen MR) is 68.4 cm³/mol. The van der Waals surface area contributed by atoms with Gasteiger partial charge in [-0.05, 0) is 13.0 Å². The molecule has 7 nitrogen and oxygen atoms in total. The summed E-state index contributed by atoms with van der Waals surface area (Å²) < 4.78 is 1.71. The second-order valence-electron chi connectivity index (χ2n) is 3.95. The first-order valence-electron chi connectivity index (χ1n) is 5.30. The first-order valence-corrected chi connectivity index (χ1v) is 5.30. The molecule has 0 aliphatic carbocycles. The van der Waals surface area contributed by atoms with Crippen molar-refractivity contribution >= 4 is 23.2 Å². The minimum atomic E-state index is -0.593. The number of hydrogen-bond donors (Lipinski definition) is 3. The lowest BCUT2D eigenvalue weighted by molar-refractivity contribution is 0.100. The van der Waals surface area contributed by atoms with Crippen molar-refractivity contribution in [2.45, 2.75) is 6.92 Å². The van der Waals surface area contributed by atoms with Crippen LogP contribution in [0, 0.1) is 6.92 Å². The van der Waals surface area contributed by atoms with E-state index in [2.05, 4.69) is 15.4 Å². The fraction of sp³-hybridized carbons (Fsp3) is 0.182. The van der Waals surface area contributed by atoms with E-state index in [1.807, 2.05) is 20.0 Å². The van der Waals surface area contributed by atoms with E-state index in [0.717, 1.165) is 5.69 Å². The van der Waals surface area contributed by atoms with Crippen molar-refractivity contribution in [2.24, 2.45) is 12.8 Å². The van der Waals surface area contributed by atoms with Gasteiger partial charge in [-0.2, -0.15) is 5.10 Å². The number of carbonyl (C=O) groups is 1. The third kappa shape index (κ3) is 2.24. The van der Waals surface area contributed by atoms with Crippen LogP contribution in [0.15, 0.2) is 18.3 Å². The number of pyridine rings is 1. The van der Waals surface area contributed by atoms with Gasteiger partial charge >= 0.3 is 0 Å². The van der Waals surface area contributed by atoms with Crippen molar-refractivity contribution in [1.29, 1.82) is 0 Å². The van der Waals surface area contributed by atoms with E-state index in [-0.39, 0.29) is 5.56 Å². The predicted octanol–water partition coefficient (Wildman–Crippen LogP) is 0.548. The normalized spacial score (nSPS) is 10.3. The maximum Gasteiger partial charge on any atom is 0.252 e. The van der Waals surface area contributed by atoms with Crippen LogP contribution in [0.3, 0.4) is 0 Å². The van der Waals surface area contributed by atoms with E-state index in [4.69, 9.17) is 11.5 Å². The standard InChI is InChI=1S/C11H14N6O/c1-6-3-9(16-17(6)2)15-11-8(10(13)18)4-7(12)5-14-11/h3-5H,12H2,1-2H3,(H2,13,18)(H,14,15,16). The molecular weight excluding hydrogens is 232 g/mol. The van der Waals surface area contributed by atoms with Crippen LogP contribution >= 0.6 is 0 Å².